The molecule has 0 saturated heterocycles. The van der Waals surface area contributed by atoms with E-state index in [-0.39, 0.29) is 16.9 Å². The van der Waals surface area contributed by atoms with Crippen LogP contribution >= 0.6 is 0 Å². The van der Waals surface area contributed by atoms with Gasteiger partial charge in [-0.05, 0) is 19.4 Å². The third-order valence-electron chi connectivity index (χ3n) is 3.36. The lowest BCUT2D eigenvalue weighted by atomic mass is 10.2. The zero-order valence-corrected chi connectivity index (χ0v) is 12.1. The molecule has 0 amide bonds. The maximum absolute atomic E-state index is 12.4. The molecule has 0 aliphatic carbocycles. The Labute approximate surface area is 121 Å². The minimum atomic E-state index is -0.482. The fraction of sp³-hybridized carbons (Fsp3) is 0.357. The third kappa shape index (κ3) is 2.54. The van der Waals surface area contributed by atoms with Crippen LogP contribution < -0.4 is 11.3 Å². The number of nitrogens with two attached hydrogens (primary N) is 1. The molecule has 0 saturated carbocycles. The van der Waals surface area contributed by atoms with Gasteiger partial charge in [0, 0.05) is 18.7 Å². The topological polar surface area (TPSA) is 96.1 Å². The Morgan fingerprint density at radius 3 is 2.62 bits per heavy atom. The second-order valence-electron chi connectivity index (χ2n) is 4.72. The van der Waals surface area contributed by atoms with Crippen LogP contribution in [0.4, 0.5) is 11.4 Å². The van der Waals surface area contributed by atoms with E-state index >= 15 is 0 Å². The normalized spacial score (nSPS) is 10.8. The summed E-state index contributed by atoms with van der Waals surface area (Å²) in [6.45, 7) is 4.48. The van der Waals surface area contributed by atoms with Crippen molar-refractivity contribution in [3.05, 3.63) is 50.4 Å². The van der Waals surface area contributed by atoms with Gasteiger partial charge in [-0.25, -0.2) is 4.68 Å². The summed E-state index contributed by atoms with van der Waals surface area (Å²) in [7, 11) is 0. The van der Waals surface area contributed by atoms with Gasteiger partial charge in [0.25, 0.3) is 11.2 Å². The molecule has 7 nitrogen and oxygen atoms in total. The Balaban J connectivity index is 2.69. The molecule has 0 unspecified atom stereocenters. The number of aromatic nitrogens is 2. The molecule has 0 bridgehead atoms. The molecule has 1 heterocycles. The highest BCUT2D eigenvalue weighted by atomic mass is 16.6. The van der Waals surface area contributed by atoms with E-state index in [2.05, 4.69) is 0 Å². The molecule has 1 aromatic heterocycles. The fourth-order valence-corrected chi connectivity index (χ4v) is 2.43. The van der Waals surface area contributed by atoms with Crippen LogP contribution in [-0.2, 0) is 13.0 Å². The molecule has 0 radical (unpaired) electrons. The molecule has 7 heteroatoms. The predicted molar refractivity (Wildman–Crippen MR) is 80.8 cm³/mol. The summed E-state index contributed by atoms with van der Waals surface area (Å²) in [5, 5.41) is 10.9. The van der Waals surface area contributed by atoms with Crippen LogP contribution in [0.5, 0.6) is 0 Å². The van der Waals surface area contributed by atoms with E-state index in [0.717, 1.165) is 12.1 Å². The monoisotopic (exact) mass is 290 g/mol. The van der Waals surface area contributed by atoms with Gasteiger partial charge < -0.3 is 5.73 Å². The molecule has 0 atom stereocenters. The zero-order chi connectivity index (χ0) is 15.6. The first-order valence-corrected chi connectivity index (χ1v) is 6.86. The minimum absolute atomic E-state index is 0.0566. The van der Waals surface area contributed by atoms with E-state index in [1.165, 1.54) is 16.8 Å². The number of nitrogen functional groups attached to an aromatic ring is 1. The number of hydrogen-bond donors (Lipinski definition) is 1. The van der Waals surface area contributed by atoms with Gasteiger partial charge in [0.15, 0.2) is 0 Å². The molecule has 21 heavy (non-hydrogen) atoms. The molecule has 1 aromatic carbocycles. The summed E-state index contributed by atoms with van der Waals surface area (Å²) in [5.74, 6) is 0. The van der Waals surface area contributed by atoms with Crippen LogP contribution in [0.2, 0.25) is 0 Å². The lowest BCUT2D eigenvalue weighted by molar-refractivity contribution is -0.384. The van der Waals surface area contributed by atoms with Crippen molar-refractivity contribution in [3.8, 4) is 5.69 Å². The second-order valence-corrected chi connectivity index (χ2v) is 4.72. The highest BCUT2D eigenvalue weighted by molar-refractivity contribution is 5.48. The first kappa shape index (κ1) is 14.8. The Morgan fingerprint density at radius 2 is 2.05 bits per heavy atom. The third-order valence-corrected chi connectivity index (χ3v) is 3.36. The summed E-state index contributed by atoms with van der Waals surface area (Å²) >= 11 is 0. The van der Waals surface area contributed by atoms with Crippen molar-refractivity contribution in [2.45, 2.75) is 33.2 Å². The molecular weight excluding hydrogens is 272 g/mol. The second kappa shape index (κ2) is 5.82. The fourth-order valence-electron chi connectivity index (χ4n) is 2.43. The van der Waals surface area contributed by atoms with Crippen molar-refractivity contribution in [2.75, 3.05) is 5.73 Å². The van der Waals surface area contributed by atoms with Crippen molar-refractivity contribution in [3.63, 3.8) is 0 Å². The Morgan fingerprint density at radius 1 is 1.33 bits per heavy atom. The van der Waals surface area contributed by atoms with Gasteiger partial charge in [-0.2, -0.15) is 0 Å². The molecule has 0 spiro atoms. The van der Waals surface area contributed by atoms with Gasteiger partial charge in [-0.1, -0.05) is 19.4 Å². The number of benzene rings is 1. The van der Waals surface area contributed by atoms with E-state index in [1.54, 1.807) is 16.8 Å². The maximum atomic E-state index is 12.4. The number of rotatable bonds is 5. The largest absolute Gasteiger partial charge is 0.393 e. The molecule has 112 valence electrons. The molecule has 0 aliphatic heterocycles. The van der Waals surface area contributed by atoms with Gasteiger partial charge in [0.2, 0.25) is 0 Å². The number of nitrogens with zero attached hydrogens (tertiary/aromatic N) is 3. The number of non-ortho nitro benzene ring substituents is 1. The average molecular weight is 290 g/mol. The SMILES string of the molecule is CCCc1c(N)c(=O)n(-c2cccc([N+](=O)[O-])c2)n1CC. The molecule has 0 aliphatic rings. The van der Waals surface area contributed by atoms with Crippen LogP contribution in [0.3, 0.4) is 0 Å². The molecule has 2 rings (SSSR count). The molecule has 0 fully saturated rings. The number of nitro groups is 1. The molecule has 2 N–H and O–H groups in total. The van der Waals surface area contributed by atoms with E-state index in [4.69, 9.17) is 5.73 Å². The standard InChI is InChI=1S/C14H18N4O3/c1-3-6-12-13(15)14(19)17(16(12)4-2)10-7-5-8-11(9-10)18(20)21/h5,7-9H,3-4,6,15H2,1-2H3. The Hall–Kier alpha value is -2.57. The van der Waals surface area contributed by atoms with Crippen molar-refractivity contribution >= 4 is 11.4 Å². The smallest absolute Gasteiger partial charge is 0.294 e. The van der Waals surface area contributed by atoms with Gasteiger partial charge in [-0.3, -0.25) is 19.6 Å². The van der Waals surface area contributed by atoms with Gasteiger partial charge in [0.05, 0.1) is 16.3 Å². The lowest BCUT2D eigenvalue weighted by Crippen LogP contribution is -2.22. The van der Waals surface area contributed by atoms with Gasteiger partial charge >= 0.3 is 0 Å². The van der Waals surface area contributed by atoms with Gasteiger partial charge in [0.1, 0.15) is 5.69 Å². The summed E-state index contributed by atoms with van der Waals surface area (Å²) < 4.78 is 3.19. The van der Waals surface area contributed by atoms with E-state index in [1.807, 2.05) is 13.8 Å². The number of hydrogen-bond acceptors (Lipinski definition) is 4. The maximum Gasteiger partial charge on any atom is 0.294 e. The zero-order valence-electron chi connectivity index (χ0n) is 12.1. The summed E-state index contributed by atoms with van der Waals surface area (Å²) in [5.41, 5.74) is 6.96. The van der Waals surface area contributed by atoms with Crippen molar-refractivity contribution in [1.29, 1.82) is 0 Å². The summed E-state index contributed by atoms with van der Waals surface area (Å²) in [6, 6.07) is 5.99. The highest BCUT2D eigenvalue weighted by Crippen LogP contribution is 2.19. The Kier molecular flexibility index (Phi) is 4.11. The summed E-state index contributed by atoms with van der Waals surface area (Å²) in [4.78, 5) is 22.8. The van der Waals surface area contributed by atoms with Crippen LogP contribution in [0.25, 0.3) is 5.69 Å². The molecular formula is C14H18N4O3. The first-order chi connectivity index (χ1) is 10.0. The van der Waals surface area contributed by atoms with Crippen LogP contribution in [0, 0.1) is 10.1 Å². The van der Waals surface area contributed by atoms with E-state index < -0.39 is 4.92 Å². The highest BCUT2D eigenvalue weighted by Gasteiger charge is 2.18. The van der Waals surface area contributed by atoms with E-state index in [9.17, 15) is 14.9 Å². The minimum Gasteiger partial charge on any atom is -0.393 e. The van der Waals surface area contributed by atoms with Crippen molar-refractivity contribution in [1.82, 2.24) is 9.36 Å². The molecule has 2 aromatic rings. The van der Waals surface area contributed by atoms with Crippen LogP contribution in [-0.4, -0.2) is 14.3 Å². The van der Waals surface area contributed by atoms with Crippen molar-refractivity contribution in [2.24, 2.45) is 0 Å². The predicted octanol–water partition coefficient (Wildman–Crippen LogP) is 2.10. The van der Waals surface area contributed by atoms with Crippen LogP contribution in [0.15, 0.2) is 29.1 Å². The first-order valence-electron chi connectivity index (χ1n) is 6.86. The summed E-state index contributed by atoms with van der Waals surface area (Å²) in [6.07, 6.45) is 1.55. The van der Waals surface area contributed by atoms with E-state index in [0.29, 0.717) is 18.7 Å². The van der Waals surface area contributed by atoms with Gasteiger partial charge in [-0.15, -0.1) is 0 Å². The number of anilines is 1. The quantitative estimate of drug-likeness (QED) is 0.673. The van der Waals surface area contributed by atoms with Crippen molar-refractivity contribution < 1.29 is 4.92 Å². The number of nitro benzene ring substituents is 1. The average Bonchev–Trinajstić information content (AvgIpc) is 2.72. The lowest BCUT2D eigenvalue weighted by Gasteiger charge is -2.12. The van der Waals surface area contributed by atoms with Crippen LogP contribution in [0.1, 0.15) is 26.0 Å². The Bertz CT molecular complexity index is 730.